The fraction of sp³-hybridized carbons (Fsp3) is 0.200. The topological polar surface area (TPSA) is 46.3 Å². The Morgan fingerprint density at radius 3 is 2.50 bits per heavy atom. The third-order valence-corrected chi connectivity index (χ3v) is 3.78. The van der Waals surface area contributed by atoms with Gasteiger partial charge in [0, 0.05) is 24.5 Å². The minimum absolute atomic E-state index is 0.0120. The summed E-state index contributed by atoms with van der Waals surface area (Å²) in [6, 6.07) is 13.5. The first-order valence-electron chi connectivity index (χ1n) is 7.90. The smallest absolute Gasteiger partial charge is 0.254 e. The van der Waals surface area contributed by atoms with Gasteiger partial charge >= 0.3 is 0 Å². The van der Waals surface area contributed by atoms with Crippen molar-refractivity contribution in [2.75, 3.05) is 0 Å². The standard InChI is InChI=1S/C20H20N2O2/c1-15-9-16(2)11-18(10-15)20(23)22(14-19-6-4-8-24-19)13-17-5-3-7-21-12-17/h3-12H,13-14H2,1-2H3. The van der Waals surface area contributed by atoms with Gasteiger partial charge in [0.25, 0.3) is 5.91 Å². The van der Waals surface area contributed by atoms with Gasteiger partial charge in [-0.2, -0.15) is 0 Å². The molecule has 2 aromatic heterocycles. The molecule has 0 bridgehead atoms. The van der Waals surface area contributed by atoms with Crippen LogP contribution < -0.4 is 0 Å². The third kappa shape index (κ3) is 3.90. The zero-order valence-electron chi connectivity index (χ0n) is 13.9. The van der Waals surface area contributed by atoms with Gasteiger partial charge in [-0.1, -0.05) is 23.3 Å². The summed E-state index contributed by atoms with van der Waals surface area (Å²) in [6.07, 6.45) is 5.13. The number of aromatic nitrogens is 1. The maximum Gasteiger partial charge on any atom is 0.254 e. The predicted molar refractivity (Wildman–Crippen MR) is 92.4 cm³/mol. The van der Waals surface area contributed by atoms with Gasteiger partial charge in [0.1, 0.15) is 5.76 Å². The molecule has 2 heterocycles. The van der Waals surface area contributed by atoms with E-state index in [1.165, 1.54) is 0 Å². The molecule has 1 amide bonds. The fourth-order valence-corrected chi connectivity index (χ4v) is 2.78. The van der Waals surface area contributed by atoms with Crippen LogP contribution in [0.25, 0.3) is 0 Å². The van der Waals surface area contributed by atoms with Crippen molar-refractivity contribution in [1.82, 2.24) is 9.88 Å². The van der Waals surface area contributed by atoms with E-state index in [1.54, 1.807) is 23.6 Å². The van der Waals surface area contributed by atoms with Crippen molar-refractivity contribution >= 4 is 5.91 Å². The minimum Gasteiger partial charge on any atom is -0.467 e. The molecule has 0 radical (unpaired) electrons. The van der Waals surface area contributed by atoms with Crippen LogP contribution in [0.15, 0.2) is 65.5 Å². The SMILES string of the molecule is Cc1cc(C)cc(C(=O)N(Cc2cccnc2)Cc2ccco2)c1. The summed E-state index contributed by atoms with van der Waals surface area (Å²) in [5.41, 5.74) is 3.85. The fourth-order valence-electron chi connectivity index (χ4n) is 2.78. The van der Waals surface area contributed by atoms with Crippen LogP contribution in [0.3, 0.4) is 0 Å². The van der Waals surface area contributed by atoms with Gasteiger partial charge in [0.2, 0.25) is 0 Å². The Morgan fingerprint density at radius 1 is 1.08 bits per heavy atom. The van der Waals surface area contributed by atoms with Crippen molar-refractivity contribution in [1.29, 1.82) is 0 Å². The Kier molecular flexibility index (Phi) is 4.75. The lowest BCUT2D eigenvalue weighted by atomic mass is 10.1. The lowest BCUT2D eigenvalue weighted by molar-refractivity contribution is 0.0717. The Labute approximate surface area is 141 Å². The second-order valence-corrected chi connectivity index (χ2v) is 5.98. The molecule has 0 aliphatic rings. The number of aryl methyl sites for hydroxylation is 2. The highest BCUT2D eigenvalue weighted by Gasteiger charge is 2.18. The van der Waals surface area contributed by atoms with Crippen LogP contribution in [0, 0.1) is 13.8 Å². The first-order valence-corrected chi connectivity index (χ1v) is 7.90. The van der Waals surface area contributed by atoms with Gasteiger partial charge in [0.05, 0.1) is 12.8 Å². The second-order valence-electron chi connectivity index (χ2n) is 5.98. The highest BCUT2D eigenvalue weighted by Crippen LogP contribution is 2.16. The van der Waals surface area contributed by atoms with Crippen molar-refractivity contribution in [3.63, 3.8) is 0 Å². The molecule has 0 N–H and O–H groups in total. The van der Waals surface area contributed by atoms with Crippen LogP contribution in [0.4, 0.5) is 0 Å². The summed E-state index contributed by atoms with van der Waals surface area (Å²) in [5, 5.41) is 0. The zero-order chi connectivity index (χ0) is 16.9. The molecule has 24 heavy (non-hydrogen) atoms. The Morgan fingerprint density at radius 2 is 1.88 bits per heavy atom. The molecule has 4 heteroatoms. The number of furan rings is 1. The molecule has 3 aromatic rings. The highest BCUT2D eigenvalue weighted by molar-refractivity contribution is 5.94. The van der Waals surface area contributed by atoms with E-state index in [-0.39, 0.29) is 5.91 Å². The molecule has 0 atom stereocenters. The summed E-state index contributed by atoms with van der Waals surface area (Å²) in [7, 11) is 0. The van der Waals surface area contributed by atoms with E-state index in [0.29, 0.717) is 18.7 Å². The molecule has 0 saturated heterocycles. The van der Waals surface area contributed by atoms with Crippen LogP contribution in [0.1, 0.15) is 32.8 Å². The molecule has 122 valence electrons. The largest absolute Gasteiger partial charge is 0.467 e. The Hall–Kier alpha value is -2.88. The molecule has 3 rings (SSSR count). The van der Waals surface area contributed by atoms with E-state index in [4.69, 9.17) is 4.42 Å². The molecule has 4 nitrogen and oxygen atoms in total. The molecule has 1 aromatic carbocycles. The van der Waals surface area contributed by atoms with E-state index in [9.17, 15) is 4.79 Å². The summed E-state index contributed by atoms with van der Waals surface area (Å²) in [4.78, 5) is 19.0. The molecule has 0 spiro atoms. The number of hydrogen-bond donors (Lipinski definition) is 0. The number of carbonyl (C=O) groups is 1. The van der Waals surface area contributed by atoms with Gasteiger partial charge in [-0.25, -0.2) is 0 Å². The maximum atomic E-state index is 13.0. The van der Waals surface area contributed by atoms with Crippen LogP contribution in [-0.4, -0.2) is 15.8 Å². The molecule has 0 saturated carbocycles. The van der Waals surface area contributed by atoms with Gasteiger partial charge < -0.3 is 9.32 Å². The maximum absolute atomic E-state index is 13.0. The molecule has 0 unspecified atom stereocenters. The molecular formula is C20H20N2O2. The number of pyridine rings is 1. The number of nitrogens with zero attached hydrogens (tertiary/aromatic N) is 2. The Bertz CT molecular complexity index is 791. The lowest BCUT2D eigenvalue weighted by Gasteiger charge is -2.22. The number of carbonyl (C=O) groups excluding carboxylic acids is 1. The molecule has 0 aliphatic carbocycles. The van der Waals surface area contributed by atoms with E-state index in [2.05, 4.69) is 11.1 Å². The number of hydrogen-bond acceptors (Lipinski definition) is 3. The second kappa shape index (κ2) is 7.13. The van der Waals surface area contributed by atoms with Gasteiger partial charge in [-0.05, 0) is 49.7 Å². The van der Waals surface area contributed by atoms with E-state index < -0.39 is 0 Å². The zero-order valence-corrected chi connectivity index (χ0v) is 13.9. The Balaban J connectivity index is 1.89. The summed E-state index contributed by atoms with van der Waals surface area (Å²) in [6.45, 7) is 4.91. The number of rotatable bonds is 5. The quantitative estimate of drug-likeness (QED) is 0.710. The van der Waals surface area contributed by atoms with E-state index in [1.807, 2.05) is 50.2 Å². The minimum atomic E-state index is -0.0120. The van der Waals surface area contributed by atoms with Gasteiger partial charge in [-0.15, -0.1) is 0 Å². The van der Waals surface area contributed by atoms with E-state index in [0.717, 1.165) is 22.5 Å². The van der Waals surface area contributed by atoms with Crippen molar-refractivity contribution in [3.8, 4) is 0 Å². The normalized spacial score (nSPS) is 10.6. The molecular weight excluding hydrogens is 300 g/mol. The molecule has 0 aliphatic heterocycles. The number of benzene rings is 1. The average molecular weight is 320 g/mol. The third-order valence-electron chi connectivity index (χ3n) is 3.78. The van der Waals surface area contributed by atoms with Gasteiger partial charge in [-0.3, -0.25) is 9.78 Å². The first-order chi connectivity index (χ1) is 11.6. The van der Waals surface area contributed by atoms with Crippen LogP contribution in [-0.2, 0) is 13.1 Å². The summed E-state index contributed by atoms with van der Waals surface area (Å²) >= 11 is 0. The highest BCUT2D eigenvalue weighted by atomic mass is 16.3. The van der Waals surface area contributed by atoms with Crippen LogP contribution in [0.5, 0.6) is 0 Å². The summed E-state index contributed by atoms with van der Waals surface area (Å²) in [5.74, 6) is 0.749. The predicted octanol–water partition coefficient (Wildman–Crippen LogP) is 4.13. The monoisotopic (exact) mass is 320 g/mol. The van der Waals surface area contributed by atoms with Crippen molar-refractivity contribution < 1.29 is 9.21 Å². The number of amides is 1. The van der Waals surface area contributed by atoms with E-state index >= 15 is 0 Å². The van der Waals surface area contributed by atoms with Gasteiger partial charge in [0.15, 0.2) is 0 Å². The van der Waals surface area contributed by atoms with Crippen molar-refractivity contribution in [3.05, 3.63) is 89.1 Å². The average Bonchev–Trinajstić information content (AvgIpc) is 3.07. The van der Waals surface area contributed by atoms with Crippen LogP contribution >= 0.6 is 0 Å². The summed E-state index contributed by atoms with van der Waals surface area (Å²) < 4.78 is 5.43. The molecule has 0 fully saturated rings. The first kappa shape index (κ1) is 16.0. The van der Waals surface area contributed by atoms with Crippen molar-refractivity contribution in [2.24, 2.45) is 0 Å². The van der Waals surface area contributed by atoms with Crippen LogP contribution in [0.2, 0.25) is 0 Å². The van der Waals surface area contributed by atoms with Crippen molar-refractivity contribution in [2.45, 2.75) is 26.9 Å². The lowest BCUT2D eigenvalue weighted by Crippen LogP contribution is -2.30.